The van der Waals surface area contributed by atoms with Gasteiger partial charge < -0.3 is 9.88 Å². The Labute approximate surface area is 129 Å². The van der Waals surface area contributed by atoms with E-state index in [2.05, 4.69) is 75.8 Å². The molecule has 0 atom stereocenters. The summed E-state index contributed by atoms with van der Waals surface area (Å²) in [6.45, 7) is 13.6. The van der Waals surface area contributed by atoms with E-state index in [1.54, 1.807) is 0 Å². The summed E-state index contributed by atoms with van der Waals surface area (Å²) in [5, 5.41) is 5.06. The summed E-state index contributed by atoms with van der Waals surface area (Å²) in [5.41, 5.74) is 4.14. The molecule has 0 saturated carbocycles. The first-order valence-corrected chi connectivity index (χ1v) is 8.17. The zero-order valence-electron chi connectivity index (χ0n) is 14.4. The number of fused-ring (bicyclic) bond motifs is 1. The molecule has 116 valence electrons. The lowest BCUT2D eigenvalue weighted by atomic mass is 9.85. The van der Waals surface area contributed by atoms with Crippen LogP contribution in [0, 0.1) is 24.7 Å². The van der Waals surface area contributed by atoms with Gasteiger partial charge in [-0.25, -0.2) is 0 Å². The van der Waals surface area contributed by atoms with Gasteiger partial charge in [-0.3, -0.25) is 0 Å². The molecule has 0 fully saturated rings. The molecule has 0 radical (unpaired) electrons. The van der Waals surface area contributed by atoms with Crippen LogP contribution in [0.2, 0.25) is 0 Å². The van der Waals surface area contributed by atoms with Crippen LogP contribution >= 0.6 is 0 Å². The van der Waals surface area contributed by atoms with E-state index in [1.807, 2.05) is 0 Å². The van der Waals surface area contributed by atoms with Gasteiger partial charge in [0.15, 0.2) is 0 Å². The lowest BCUT2D eigenvalue weighted by Crippen LogP contribution is -2.30. The lowest BCUT2D eigenvalue weighted by Gasteiger charge is -2.25. The van der Waals surface area contributed by atoms with Crippen molar-refractivity contribution in [2.45, 2.75) is 41.2 Å². The number of aryl methyl sites for hydroxylation is 2. The van der Waals surface area contributed by atoms with Crippen molar-refractivity contribution in [1.82, 2.24) is 9.88 Å². The van der Waals surface area contributed by atoms with E-state index in [1.165, 1.54) is 22.2 Å². The van der Waals surface area contributed by atoms with Crippen molar-refractivity contribution >= 4 is 10.9 Å². The monoisotopic (exact) mass is 286 g/mol. The molecule has 0 amide bonds. The van der Waals surface area contributed by atoms with Gasteiger partial charge in [-0.2, -0.15) is 0 Å². The maximum atomic E-state index is 3.69. The largest absolute Gasteiger partial charge is 0.346 e. The van der Waals surface area contributed by atoms with Crippen molar-refractivity contribution in [2.24, 2.45) is 24.8 Å². The number of aromatic nitrogens is 1. The normalized spacial score (nSPS) is 12.2. The van der Waals surface area contributed by atoms with Gasteiger partial charge in [0.2, 0.25) is 0 Å². The summed E-state index contributed by atoms with van der Waals surface area (Å²) < 4.78 is 2.33. The molecule has 1 heterocycles. The second kappa shape index (κ2) is 6.65. The molecule has 0 unspecified atom stereocenters. The molecule has 0 saturated heterocycles. The molecule has 21 heavy (non-hydrogen) atoms. The van der Waals surface area contributed by atoms with Gasteiger partial charge in [-0.05, 0) is 42.9 Å². The van der Waals surface area contributed by atoms with Crippen LogP contribution in [0.1, 0.15) is 39.0 Å². The van der Waals surface area contributed by atoms with Gasteiger partial charge in [-0.15, -0.1) is 0 Å². The van der Waals surface area contributed by atoms with E-state index < -0.39 is 0 Å². The first kappa shape index (κ1) is 16.1. The minimum Gasteiger partial charge on any atom is -0.346 e. The van der Waals surface area contributed by atoms with E-state index in [9.17, 15) is 0 Å². The molecule has 1 aromatic heterocycles. The third kappa shape index (κ3) is 3.32. The number of nitrogens with zero attached hydrogens (tertiary/aromatic N) is 1. The van der Waals surface area contributed by atoms with Crippen molar-refractivity contribution in [1.29, 1.82) is 0 Å². The average Bonchev–Trinajstić information content (AvgIpc) is 2.67. The number of hydrogen-bond acceptors (Lipinski definition) is 1. The summed E-state index contributed by atoms with van der Waals surface area (Å²) in [6.07, 6.45) is 0. The number of benzene rings is 1. The maximum absolute atomic E-state index is 3.69. The van der Waals surface area contributed by atoms with E-state index in [0.29, 0.717) is 0 Å². The Morgan fingerprint density at radius 3 is 2.24 bits per heavy atom. The Morgan fingerprint density at radius 1 is 1.05 bits per heavy atom. The molecular weight excluding hydrogens is 256 g/mol. The van der Waals surface area contributed by atoms with Gasteiger partial charge in [0, 0.05) is 30.2 Å². The average molecular weight is 286 g/mol. The highest BCUT2D eigenvalue weighted by atomic mass is 15.0. The summed E-state index contributed by atoms with van der Waals surface area (Å²) >= 11 is 0. The Kier molecular flexibility index (Phi) is 5.10. The van der Waals surface area contributed by atoms with Crippen molar-refractivity contribution in [3.8, 4) is 0 Å². The number of rotatable bonds is 6. The lowest BCUT2D eigenvalue weighted by molar-refractivity contribution is 0.275. The zero-order valence-corrected chi connectivity index (χ0v) is 14.4. The third-order valence-electron chi connectivity index (χ3n) is 4.89. The van der Waals surface area contributed by atoms with Crippen LogP contribution in [0.4, 0.5) is 0 Å². The Morgan fingerprint density at radius 2 is 1.67 bits per heavy atom. The summed E-state index contributed by atoms with van der Waals surface area (Å²) in [4.78, 5) is 0. The highest BCUT2D eigenvalue weighted by Gasteiger charge is 2.17. The van der Waals surface area contributed by atoms with E-state index in [4.69, 9.17) is 0 Å². The second-order valence-corrected chi connectivity index (χ2v) is 6.93. The van der Waals surface area contributed by atoms with Gasteiger partial charge in [0.05, 0.1) is 0 Å². The van der Waals surface area contributed by atoms with Crippen LogP contribution in [0.15, 0.2) is 24.3 Å². The van der Waals surface area contributed by atoms with Crippen molar-refractivity contribution in [2.75, 3.05) is 6.54 Å². The summed E-state index contributed by atoms with van der Waals surface area (Å²) in [6, 6.07) is 8.67. The topological polar surface area (TPSA) is 17.0 Å². The van der Waals surface area contributed by atoms with Crippen LogP contribution in [-0.4, -0.2) is 11.1 Å². The molecule has 1 aromatic carbocycles. The maximum Gasteiger partial charge on any atom is 0.0483 e. The molecule has 0 aliphatic heterocycles. The van der Waals surface area contributed by atoms with Crippen molar-refractivity contribution in [3.63, 3.8) is 0 Å². The van der Waals surface area contributed by atoms with Gasteiger partial charge in [0.1, 0.15) is 0 Å². The molecule has 2 rings (SSSR count). The molecule has 0 spiro atoms. The van der Waals surface area contributed by atoms with Gasteiger partial charge in [-0.1, -0.05) is 45.9 Å². The molecule has 2 heteroatoms. The number of para-hydroxylation sites is 1. The Hall–Kier alpha value is -1.28. The zero-order chi connectivity index (χ0) is 15.6. The molecule has 1 N–H and O–H groups in total. The predicted octanol–water partition coefficient (Wildman–Crippen LogP) is 4.50. The summed E-state index contributed by atoms with van der Waals surface area (Å²) in [7, 11) is 2.18. The van der Waals surface area contributed by atoms with E-state index >= 15 is 0 Å². The molecule has 2 aromatic rings. The standard InChI is InChI=1S/C19H30N2/c1-13(2)17(14(3)4)11-20-12-19-15(5)16-9-7-8-10-18(16)21(19)6/h7-10,13-14,17,20H,11-12H2,1-6H3. The highest BCUT2D eigenvalue weighted by Crippen LogP contribution is 2.25. The van der Waals surface area contributed by atoms with Crippen LogP contribution in [-0.2, 0) is 13.6 Å². The van der Waals surface area contributed by atoms with Crippen LogP contribution < -0.4 is 5.32 Å². The first-order valence-electron chi connectivity index (χ1n) is 8.17. The minimum absolute atomic E-state index is 0.728. The van der Waals surface area contributed by atoms with Crippen molar-refractivity contribution in [3.05, 3.63) is 35.5 Å². The van der Waals surface area contributed by atoms with Crippen LogP contribution in [0.3, 0.4) is 0 Å². The van der Waals surface area contributed by atoms with E-state index in [0.717, 1.165) is 30.8 Å². The molecule has 0 bridgehead atoms. The molecule has 0 aliphatic carbocycles. The second-order valence-electron chi connectivity index (χ2n) is 6.93. The highest BCUT2D eigenvalue weighted by molar-refractivity contribution is 5.85. The smallest absolute Gasteiger partial charge is 0.0483 e. The Bertz CT molecular complexity index is 546. The summed E-state index contributed by atoms with van der Waals surface area (Å²) in [5.74, 6) is 2.19. The van der Waals surface area contributed by atoms with Crippen LogP contribution in [0.5, 0.6) is 0 Å². The fourth-order valence-corrected chi connectivity index (χ4v) is 3.49. The number of hydrogen-bond donors (Lipinski definition) is 1. The van der Waals surface area contributed by atoms with Gasteiger partial charge in [0.25, 0.3) is 0 Å². The van der Waals surface area contributed by atoms with Crippen LogP contribution in [0.25, 0.3) is 10.9 Å². The fourth-order valence-electron chi connectivity index (χ4n) is 3.49. The first-order chi connectivity index (χ1) is 9.93. The third-order valence-corrected chi connectivity index (χ3v) is 4.89. The Balaban J connectivity index is 2.10. The van der Waals surface area contributed by atoms with Gasteiger partial charge >= 0.3 is 0 Å². The number of nitrogens with one attached hydrogen (secondary N) is 1. The van der Waals surface area contributed by atoms with E-state index in [-0.39, 0.29) is 0 Å². The molecule has 0 aliphatic rings. The fraction of sp³-hybridized carbons (Fsp3) is 0.579. The minimum atomic E-state index is 0.728. The quantitative estimate of drug-likeness (QED) is 0.827. The SMILES string of the molecule is Cc1c(CNCC(C(C)C)C(C)C)n(C)c2ccccc12. The predicted molar refractivity (Wildman–Crippen MR) is 92.5 cm³/mol. The molecular formula is C19H30N2. The molecule has 2 nitrogen and oxygen atoms in total. The van der Waals surface area contributed by atoms with Crippen molar-refractivity contribution < 1.29 is 0 Å².